The van der Waals surface area contributed by atoms with Gasteiger partial charge in [-0.1, -0.05) is 41.7 Å². The number of nitrogens with zero attached hydrogens (tertiary/aromatic N) is 4. The van der Waals surface area contributed by atoms with Crippen LogP contribution in [-0.2, 0) is 14.3 Å². The molecule has 11 heteroatoms. The lowest BCUT2D eigenvalue weighted by molar-refractivity contribution is -0.143. The highest BCUT2D eigenvalue weighted by molar-refractivity contribution is 7.07. The molecule has 0 amide bonds. The summed E-state index contributed by atoms with van der Waals surface area (Å²) in [4.78, 5) is 45.3. The van der Waals surface area contributed by atoms with Gasteiger partial charge in [-0.15, -0.1) is 0 Å². The van der Waals surface area contributed by atoms with Crippen LogP contribution in [0.2, 0.25) is 0 Å². The molecule has 0 bridgehead atoms. The predicted octanol–water partition coefficient (Wildman–Crippen LogP) is 5.92. The minimum absolute atomic E-state index is 0.0319. The third kappa shape index (κ3) is 6.81. The highest BCUT2D eigenvalue weighted by atomic mass is 32.1. The average Bonchev–Trinajstić information content (AvgIpc) is 3.65. The van der Waals surface area contributed by atoms with Crippen molar-refractivity contribution in [2.24, 2.45) is 4.99 Å². The molecule has 3 heterocycles. The molecule has 1 unspecified atom stereocenters. The molecule has 50 heavy (non-hydrogen) atoms. The van der Waals surface area contributed by atoms with E-state index >= 15 is 0 Å². The third-order valence-corrected chi connectivity index (χ3v) is 9.08. The first-order valence-electron chi connectivity index (χ1n) is 16.3. The van der Waals surface area contributed by atoms with Crippen LogP contribution in [0.3, 0.4) is 0 Å². The number of benzene rings is 3. The molecule has 2 aromatic heterocycles. The van der Waals surface area contributed by atoms with Gasteiger partial charge >= 0.3 is 11.9 Å². The molecule has 3 aromatic carbocycles. The Morgan fingerprint density at radius 1 is 0.920 bits per heavy atom. The van der Waals surface area contributed by atoms with Crippen LogP contribution in [0, 0.1) is 6.92 Å². The van der Waals surface area contributed by atoms with Crippen LogP contribution in [0.15, 0.2) is 100 Å². The Morgan fingerprint density at radius 2 is 1.64 bits per heavy atom. The SMILES string of the molecule is COC(=O)c1ccc(C2C(C(=O)OC(C)C)=C(C)N=c3sc(=Cc4cn(-c5ccccc5)nc4-c4ccc(OC(C)C)c(C)c4)c(=O)n32)cc1. The zero-order valence-corrected chi connectivity index (χ0v) is 29.8. The number of fused-ring (bicyclic) bond motifs is 1. The van der Waals surface area contributed by atoms with Gasteiger partial charge in [-0.25, -0.2) is 19.3 Å². The van der Waals surface area contributed by atoms with Crippen molar-refractivity contribution < 1.29 is 23.8 Å². The number of para-hydroxylation sites is 1. The molecule has 10 nitrogen and oxygen atoms in total. The second-order valence-electron chi connectivity index (χ2n) is 12.5. The number of rotatable bonds is 9. The molecule has 0 radical (unpaired) electrons. The number of ether oxygens (including phenoxy) is 3. The molecule has 0 fully saturated rings. The van der Waals surface area contributed by atoms with Crippen molar-refractivity contribution in [2.75, 3.05) is 7.11 Å². The Balaban J connectivity index is 1.53. The molecule has 256 valence electrons. The van der Waals surface area contributed by atoms with Crippen LogP contribution >= 0.6 is 11.3 Å². The maximum absolute atomic E-state index is 14.4. The van der Waals surface area contributed by atoms with E-state index in [2.05, 4.69) is 0 Å². The summed E-state index contributed by atoms with van der Waals surface area (Å²) in [6.45, 7) is 11.2. The van der Waals surface area contributed by atoms with Gasteiger partial charge < -0.3 is 14.2 Å². The van der Waals surface area contributed by atoms with Crippen LogP contribution < -0.4 is 19.6 Å². The van der Waals surface area contributed by atoms with Crippen molar-refractivity contribution in [1.82, 2.24) is 14.3 Å². The Bertz CT molecular complexity index is 2300. The lowest BCUT2D eigenvalue weighted by atomic mass is 9.95. The Kier molecular flexibility index (Phi) is 9.70. The molecule has 6 rings (SSSR count). The third-order valence-electron chi connectivity index (χ3n) is 8.09. The molecule has 0 N–H and O–H groups in total. The fourth-order valence-corrected chi connectivity index (χ4v) is 6.89. The largest absolute Gasteiger partial charge is 0.491 e. The minimum Gasteiger partial charge on any atom is -0.491 e. The Morgan fingerprint density at radius 3 is 2.28 bits per heavy atom. The van der Waals surface area contributed by atoms with Gasteiger partial charge in [0.05, 0.1) is 52.4 Å². The first-order chi connectivity index (χ1) is 23.9. The Hall–Kier alpha value is -5.55. The monoisotopic (exact) mass is 690 g/mol. The first kappa shape index (κ1) is 34.3. The summed E-state index contributed by atoms with van der Waals surface area (Å²) < 4.78 is 20.2. The summed E-state index contributed by atoms with van der Waals surface area (Å²) in [5, 5.41) is 4.97. The van der Waals surface area contributed by atoms with E-state index in [1.165, 1.54) is 23.0 Å². The molecular formula is C39H38N4O6S. The normalized spacial score (nSPS) is 14.5. The van der Waals surface area contributed by atoms with Crippen molar-refractivity contribution in [1.29, 1.82) is 0 Å². The molecule has 5 aromatic rings. The topological polar surface area (TPSA) is 114 Å². The van der Waals surface area contributed by atoms with Gasteiger partial charge in [0.25, 0.3) is 5.56 Å². The Labute approximate surface area is 293 Å². The summed E-state index contributed by atoms with van der Waals surface area (Å²) in [6, 6.07) is 21.5. The van der Waals surface area contributed by atoms with Crippen LogP contribution in [0.4, 0.5) is 0 Å². The van der Waals surface area contributed by atoms with E-state index in [0.717, 1.165) is 28.1 Å². The molecule has 0 saturated heterocycles. The van der Waals surface area contributed by atoms with Crippen molar-refractivity contribution in [3.8, 4) is 22.7 Å². The highest BCUT2D eigenvalue weighted by Crippen LogP contribution is 2.32. The van der Waals surface area contributed by atoms with Crippen molar-refractivity contribution in [3.63, 3.8) is 0 Å². The summed E-state index contributed by atoms with van der Waals surface area (Å²) >= 11 is 1.23. The lowest BCUT2D eigenvalue weighted by Crippen LogP contribution is -2.40. The molecule has 1 aliphatic heterocycles. The zero-order valence-electron chi connectivity index (χ0n) is 29.0. The van der Waals surface area contributed by atoms with Crippen LogP contribution in [0.25, 0.3) is 23.0 Å². The van der Waals surface area contributed by atoms with Crippen molar-refractivity contribution in [2.45, 2.75) is 59.8 Å². The van der Waals surface area contributed by atoms with E-state index in [1.54, 1.807) is 49.7 Å². The number of allylic oxidation sites excluding steroid dienone is 1. The maximum atomic E-state index is 14.4. The fourth-order valence-electron chi connectivity index (χ4n) is 5.85. The number of carbonyl (C=O) groups is 2. The average molecular weight is 691 g/mol. The van der Waals surface area contributed by atoms with E-state index < -0.39 is 18.0 Å². The van der Waals surface area contributed by atoms with E-state index in [1.807, 2.05) is 81.6 Å². The highest BCUT2D eigenvalue weighted by Gasteiger charge is 2.34. The quantitative estimate of drug-likeness (QED) is 0.177. The number of thiazole rings is 1. The first-order valence-corrected chi connectivity index (χ1v) is 17.1. The van der Waals surface area contributed by atoms with Gasteiger partial charge in [-0.3, -0.25) is 9.36 Å². The van der Waals surface area contributed by atoms with Crippen molar-refractivity contribution in [3.05, 3.63) is 132 Å². The fraction of sp³-hybridized carbons (Fsp3) is 0.256. The molecule has 1 atom stereocenters. The van der Waals surface area contributed by atoms with E-state index in [-0.39, 0.29) is 23.3 Å². The van der Waals surface area contributed by atoms with Crippen molar-refractivity contribution >= 4 is 29.4 Å². The lowest BCUT2D eigenvalue weighted by Gasteiger charge is -2.25. The summed E-state index contributed by atoms with van der Waals surface area (Å²) in [7, 11) is 1.31. The molecule has 0 aliphatic carbocycles. The smallest absolute Gasteiger partial charge is 0.338 e. The van der Waals surface area contributed by atoms with Gasteiger partial charge in [0.1, 0.15) is 11.4 Å². The van der Waals surface area contributed by atoms with Gasteiger partial charge in [0, 0.05) is 17.3 Å². The standard InChI is InChI=1S/C39H38N4O6S/c1-22(2)48-31-18-17-28(19-24(31)5)34-29(21-42(41-34)30-11-9-8-10-12-30)20-32-36(44)43-35(26-13-15-27(16-14-26)37(45)47-7)33(38(46)49-23(3)4)25(6)40-39(43)50-32/h8-23,35H,1-7H3. The number of carbonyl (C=O) groups excluding carboxylic acids is 2. The number of hydrogen-bond donors (Lipinski definition) is 0. The van der Waals surface area contributed by atoms with Gasteiger partial charge in [-0.2, -0.15) is 5.10 Å². The van der Waals surface area contributed by atoms with Crippen LogP contribution in [0.5, 0.6) is 5.75 Å². The van der Waals surface area contributed by atoms with Crippen LogP contribution in [0.1, 0.15) is 67.7 Å². The second kappa shape index (κ2) is 14.1. The summed E-state index contributed by atoms with van der Waals surface area (Å²) in [5.41, 5.74) is 5.44. The molecule has 0 saturated carbocycles. The second-order valence-corrected chi connectivity index (χ2v) is 13.5. The van der Waals surface area contributed by atoms with E-state index in [4.69, 9.17) is 24.3 Å². The summed E-state index contributed by atoms with van der Waals surface area (Å²) in [6.07, 6.45) is 3.37. The molecule has 1 aliphatic rings. The van der Waals surface area contributed by atoms with Gasteiger partial charge in [0.15, 0.2) is 4.80 Å². The molecular weight excluding hydrogens is 653 g/mol. The number of aromatic nitrogens is 3. The van der Waals surface area contributed by atoms with Crippen LogP contribution in [-0.4, -0.2) is 45.6 Å². The number of methoxy groups -OCH3 is 1. The number of hydrogen-bond acceptors (Lipinski definition) is 9. The maximum Gasteiger partial charge on any atom is 0.338 e. The number of esters is 2. The molecule has 0 spiro atoms. The van der Waals surface area contributed by atoms with E-state index in [0.29, 0.717) is 31.9 Å². The summed E-state index contributed by atoms with van der Waals surface area (Å²) in [5.74, 6) is -0.261. The van der Waals surface area contributed by atoms with Gasteiger partial charge in [-0.05, 0) is 101 Å². The zero-order chi connectivity index (χ0) is 35.7. The number of aryl methyl sites for hydroxylation is 1. The van der Waals surface area contributed by atoms with Gasteiger partial charge in [0.2, 0.25) is 0 Å². The minimum atomic E-state index is -0.839. The predicted molar refractivity (Wildman–Crippen MR) is 192 cm³/mol. The van der Waals surface area contributed by atoms with E-state index in [9.17, 15) is 14.4 Å².